The molecule has 19 heavy (non-hydrogen) atoms. The van der Waals surface area contributed by atoms with Crippen LogP contribution in [0.4, 0.5) is 9.93 Å². The molecule has 0 aliphatic heterocycles. The molecule has 2 aromatic heterocycles. The monoisotopic (exact) mass is 282 g/mol. The van der Waals surface area contributed by atoms with E-state index in [0.717, 1.165) is 5.13 Å². The molecule has 0 saturated heterocycles. The van der Waals surface area contributed by atoms with E-state index < -0.39 is 6.09 Å². The molecule has 2 aromatic rings. The summed E-state index contributed by atoms with van der Waals surface area (Å²) in [6, 6.07) is 0. The lowest BCUT2D eigenvalue weighted by molar-refractivity contribution is 0.194. The molecule has 0 saturated carbocycles. The van der Waals surface area contributed by atoms with E-state index in [1.165, 1.54) is 11.5 Å². The number of carboxylic acid groups (broad SMARTS) is 1. The van der Waals surface area contributed by atoms with Crippen LogP contribution in [0.3, 0.4) is 0 Å². The highest BCUT2D eigenvalue weighted by Gasteiger charge is 2.09. The molecule has 0 radical (unpaired) electrons. The van der Waals surface area contributed by atoms with E-state index >= 15 is 0 Å². The van der Waals surface area contributed by atoms with Crippen LogP contribution in [0, 0.1) is 0 Å². The third-order valence-corrected chi connectivity index (χ3v) is 3.23. The van der Waals surface area contributed by atoms with E-state index in [-0.39, 0.29) is 0 Å². The summed E-state index contributed by atoms with van der Waals surface area (Å²) in [4.78, 5) is 20.6. The molecule has 0 aromatic carbocycles. The van der Waals surface area contributed by atoms with Crippen molar-refractivity contribution in [3.8, 4) is 5.95 Å². The Morgan fingerprint density at radius 2 is 2.47 bits per heavy atom. The van der Waals surface area contributed by atoms with E-state index in [9.17, 15) is 4.79 Å². The first-order chi connectivity index (χ1) is 9.16. The smallest absolute Gasteiger partial charge is 0.404 e. The van der Waals surface area contributed by atoms with Gasteiger partial charge in [-0.1, -0.05) is 0 Å². The zero-order valence-electron chi connectivity index (χ0n) is 10.4. The van der Waals surface area contributed by atoms with Crippen molar-refractivity contribution in [3.63, 3.8) is 0 Å². The lowest BCUT2D eigenvalue weighted by atomic mass is 10.4. The Hall–Kier alpha value is -2.16. The average molecular weight is 282 g/mol. The number of amides is 1. The Morgan fingerprint density at radius 1 is 1.63 bits per heavy atom. The van der Waals surface area contributed by atoms with Gasteiger partial charge in [0.2, 0.25) is 11.1 Å². The van der Waals surface area contributed by atoms with Gasteiger partial charge in [-0.15, -0.1) is 0 Å². The standard InChI is InChI=1S/C10H14N6O2S/c1-15(5-2-3-12-10(17)18)9-13-8(14-19-9)16-6-4-11-7-16/h4,6-7,12H,2-3,5H2,1H3,(H,17,18). The van der Waals surface area contributed by atoms with Crippen molar-refractivity contribution < 1.29 is 9.90 Å². The number of nitrogens with zero attached hydrogens (tertiary/aromatic N) is 5. The number of imidazole rings is 1. The zero-order chi connectivity index (χ0) is 13.7. The van der Waals surface area contributed by atoms with Crippen LogP contribution < -0.4 is 10.2 Å². The van der Waals surface area contributed by atoms with Gasteiger partial charge in [0, 0.05) is 44.1 Å². The molecule has 0 unspecified atom stereocenters. The van der Waals surface area contributed by atoms with Crippen LogP contribution in [0.5, 0.6) is 0 Å². The second-order valence-corrected chi connectivity index (χ2v) is 4.58. The Balaban J connectivity index is 1.86. The van der Waals surface area contributed by atoms with Gasteiger partial charge in [-0.3, -0.25) is 4.57 Å². The van der Waals surface area contributed by atoms with Crippen molar-refractivity contribution in [3.05, 3.63) is 18.7 Å². The van der Waals surface area contributed by atoms with Crippen LogP contribution in [-0.4, -0.2) is 50.2 Å². The number of hydrogen-bond acceptors (Lipinski definition) is 6. The largest absolute Gasteiger partial charge is 0.465 e. The summed E-state index contributed by atoms with van der Waals surface area (Å²) in [7, 11) is 1.90. The maximum atomic E-state index is 10.3. The molecular weight excluding hydrogens is 268 g/mol. The molecule has 0 atom stereocenters. The van der Waals surface area contributed by atoms with Crippen molar-refractivity contribution in [1.82, 2.24) is 24.2 Å². The molecule has 2 heterocycles. The van der Waals surface area contributed by atoms with Crippen LogP contribution in [0.15, 0.2) is 18.7 Å². The summed E-state index contributed by atoms with van der Waals surface area (Å²) in [6.45, 7) is 1.13. The second kappa shape index (κ2) is 6.14. The van der Waals surface area contributed by atoms with Gasteiger partial charge in [-0.25, -0.2) is 9.78 Å². The molecule has 2 rings (SSSR count). The maximum Gasteiger partial charge on any atom is 0.404 e. The van der Waals surface area contributed by atoms with Gasteiger partial charge in [-0.05, 0) is 6.42 Å². The molecule has 8 nitrogen and oxygen atoms in total. The second-order valence-electron chi connectivity index (χ2n) is 3.85. The quantitative estimate of drug-likeness (QED) is 0.761. The highest BCUT2D eigenvalue weighted by atomic mass is 32.1. The van der Waals surface area contributed by atoms with Gasteiger partial charge < -0.3 is 15.3 Å². The minimum atomic E-state index is -0.999. The van der Waals surface area contributed by atoms with E-state index in [4.69, 9.17) is 5.11 Å². The summed E-state index contributed by atoms with van der Waals surface area (Å²) in [5.74, 6) is 0.591. The van der Waals surface area contributed by atoms with Crippen molar-refractivity contribution in [2.24, 2.45) is 0 Å². The van der Waals surface area contributed by atoms with Crippen molar-refractivity contribution in [2.45, 2.75) is 6.42 Å². The maximum absolute atomic E-state index is 10.3. The van der Waals surface area contributed by atoms with Crippen LogP contribution in [0.2, 0.25) is 0 Å². The fourth-order valence-electron chi connectivity index (χ4n) is 1.45. The van der Waals surface area contributed by atoms with Crippen molar-refractivity contribution in [2.75, 3.05) is 25.0 Å². The third kappa shape index (κ3) is 3.65. The lowest BCUT2D eigenvalue weighted by Gasteiger charge is -2.14. The molecule has 0 bridgehead atoms. The third-order valence-electron chi connectivity index (χ3n) is 2.41. The Bertz CT molecular complexity index is 526. The summed E-state index contributed by atoms with van der Waals surface area (Å²) >= 11 is 1.30. The molecular formula is C10H14N6O2S. The first-order valence-electron chi connectivity index (χ1n) is 5.67. The van der Waals surface area contributed by atoms with Crippen molar-refractivity contribution >= 4 is 22.8 Å². The lowest BCUT2D eigenvalue weighted by Crippen LogP contribution is -2.26. The highest BCUT2D eigenvalue weighted by Crippen LogP contribution is 2.17. The summed E-state index contributed by atoms with van der Waals surface area (Å²) in [5.41, 5.74) is 0. The Labute approximate surface area is 113 Å². The number of hydrogen-bond donors (Lipinski definition) is 2. The van der Waals surface area contributed by atoms with Gasteiger partial charge in [0.1, 0.15) is 6.33 Å². The zero-order valence-corrected chi connectivity index (χ0v) is 11.2. The van der Waals surface area contributed by atoms with E-state index in [0.29, 0.717) is 25.5 Å². The molecule has 2 N–H and O–H groups in total. The average Bonchev–Trinajstić information content (AvgIpc) is 3.03. The van der Waals surface area contributed by atoms with E-state index in [2.05, 4.69) is 19.7 Å². The van der Waals surface area contributed by atoms with Crippen LogP contribution in [0.1, 0.15) is 6.42 Å². The first-order valence-corrected chi connectivity index (χ1v) is 6.44. The summed E-state index contributed by atoms with van der Waals surface area (Å²) in [5, 5.41) is 11.6. The predicted octanol–water partition coefficient (Wildman–Crippen LogP) is 0.818. The number of anilines is 1. The van der Waals surface area contributed by atoms with Crippen LogP contribution >= 0.6 is 11.5 Å². The van der Waals surface area contributed by atoms with Gasteiger partial charge in [0.15, 0.2) is 0 Å². The molecule has 9 heteroatoms. The summed E-state index contributed by atoms with van der Waals surface area (Å²) < 4.78 is 5.97. The minimum absolute atomic E-state index is 0.423. The van der Waals surface area contributed by atoms with Gasteiger partial charge in [0.05, 0.1) is 0 Å². The topological polar surface area (TPSA) is 96.2 Å². The molecule has 0 aliphatic rings. The van der Waals surface area contributed by atoms with Crippen LogP contribution in [0.25, 0.3) is 5.95 Å². The molecule has 0 spiro atoms. The molecule has 1 amide bonds. The van der Waals surface area contributed by atoms with Crippen LogP contribution in [-0.2, 0) is 0 Å². The van der Waals surface area contributed by atoms with Crippen molar-refractivity contribution in [1.29, 1.82) is 0 Å². The Kier molecular flexibility index (Phi) is 4.29. The predicted molar refractivity (Wildman–Crippen MR) is 70.9 cm³/mol. The number of carbonyl (C=O) groups is 1. The van der Waals surface area contributed by atoms with Gasteiger partial charge in [0.25, 0.3) is 0 Å². The molecule has 0 aliphatic carbocycles. The first kappa shape index (κ1) is 13.3. The highest BCUT2D eigenvalue weighted by molar-refractivity contribution is 7.09. The normalized spacial score (nSPS) is 10.4. The fourth-order valence-corrected chi connectivity index (χ4v) is 2.10. The summed E-state index contributed by atoms with van der Waals surface area (Å²) in [6.07, 6.45) is 4.80. The van der Waals surface area contributed by atoms with Gasteiger partial charge in [-0.2, -0.15) is 9.36 Å². The number of nitrogens with one attached hydrogen (secondary N) is 1. The Morgan fingerprint density at radius 3 is 3.16 bits per heavy atom. The fraction of sp³-hybridized carbons (Fsp3) is 0.400. The van der Waals surface area contributed by atoms with E-state index in [1.807, 2.05) is 11.9 Å². The molecule has 0 fully saturated rings. The number of rotatable bonds is 6. The minimum Gasteiger partial charge on any atom is -0.465 e. The van der Waals surface area contributed by atoms with E-state index in [1.54, 1.807) is 23.3 Å². The number of aromatic nitrogens is 4. The van der Waals surface area contributed by atoms with Gasteiger partial charge >= 0.3 is 6.09 Å². The SMILES string of the molecule is CN(CCCNC(=O)O)c1nc(-n2ccnc2)ns1. The molecule has 102 valence electrons.